The number of nitrogens with zero attached hydrogens (tertiary/aromatic N) is 4. The third kappa shape index (κ3) is 4.90. The highest BCUT2D eigenvalue weighted by molar-refractivity contribution is 6.35. The van der Waals surface area contributed by atoms with Gasteiger partial charge in [-0.3, -0.25) is 19.4 Å². The smallest absolute Gasteiger partial charge is 0.277 e. The molecule has 0 atom stereocenters. The Morgan fingerprint density at radius 2 is 1.62 bits per heavy atom. The number of likely N-dealkylation sites (N-methyl/N-ethyl adjacent to an activating group) is 1. The largest absolute Gasteiger partial charge is 0.379 e. The van der Waals surface area contributed by atoms with E-state index in [1.165, 1.54) is 4.90 Å². The number of ether oxygens (including phenoxy) is 1. The van der Waals surface area contributed by atoms with Crippen LogP contribution in [-0.4, -0.2) is 104 Å². The summed E-state index contributed by atoms with van der Waals surface area (Å²) in [5.41, 5.74) is 3.10. The number of hydrogen-bond donors (Lipinski definition) is 0. The lowest BCUT2D eigenvalue weighted by Gasteiger charge is -2.36. The Balaban J connectivity index is 1.54. The maximum absolute atomic E-state index is 13.6. The summed E-state index contributed by atoms with van der Waals surface area (Å²) in [6.07, 6.45) is 2.77. The minimum atomic E-state index is -0.157. The van der Waals surface area contributed by atoms with Crippen LogP contribution in [0.5, 0.6) is 0 Å². The fourth-order valence-corrected chi connectivity index (χ4v) is 4.92. The van der Waals surface area contributed by atoms with E-state index < -0.39 is 0 Å². The number of benzene rings is 1. The molecule has 0 bridgehead atoms. The van der Waals surface area contributed by atoms with Crippen molar-refractivity contribution in [3.8, 4) is 0 Å². The van der Waals surface area contributed by atoms with Crippen molar-refractivity contribution in [3.63, 3.8) is 0 Å². The molecule has 4 rings (SSSR count). The zero-order valence-electron chi connectivity index (χ0n) is 19.7. The molecule has 1 aromatic carbocycles. The van der Waals surface area contributed by atoms with E-state index in [0.717, 1.165) is 76.3 Å². The first kappa shape index (κ1) is 23.0. The van der Waals surface area contributed by atoms with Crippen molar-refractivity contribution in [1.82, 2.24) is 19.6 Å². The van der Waals surface area contributed by atoms with Crippen LogP contribution in [0.15, 0.2) is 30.0 Å². The van der Waals surface area contributed by atoms with Gasteiger partial charge in [0.25, 0.3) is 11.8 Å². The Hall–Kier alpha value is -2.22. The van der Waals surface area contributed by atoms with E-state index in [1.807, 2.05) is 38.2 Å². The van der Waals surface area contributed by atoms with Crippen LogP contribution < -0.4 is 0 Å². The summed E-state index contributed by atoms with van der Waals surface area (Å²) in [6, 6.07) is 8.22. The van der Waals surface area contributed by atoms with E-state index in [1.54, 1.807) is 0 Å². The maximum atomic E-state index is 13.6. The molecule has 3 aliphatic heterocycles. The van der Waals surface area contributed by atoms with Crippen molar-refractivity contribution < 1.29 is 14.3 Å². The molecule has 0 radical (unpaired) electrons. The summed E-state index contributed by atoms with van der Waals surface area (Å²) in [5.74, 6) is -0.301. The van der Waals surface area contributed by atoms with Gasteiger partial charge < -0.3 is 14.5 Å². The second-order valence-electron chi connectivity index (χ2n) is 9.30. The molecule has 1 aromatic rings. The minimum absolute atomic E-state index is 0.144. The summed E-state index contributed by atoms with van der Waals surface area (Å²) in [7, 11) is 4.12. The lowest BCUT2D eigenvalue weighted by molar-refractivity contribution is -0.137. The zero-order valence-corrected chi connectivity index (χ0v) is 19.7. The van der Waals surface area contributed by atoms with Crippen molar-refractivity contribution in [3.05, 3.63) is 41.1 Å². The lowest BCUT2D eigenvalue weighted by Crippen LogP contribution is -2.44. The fourth-order valence-electron chi connectivity index (χ4n) is 4.92. The summed E-state index contributed by atoms with van der Waals surface area (Å²) in [4.78, 5) is 35.3. The van der Waals surface area contributed by atoms with Crippen LogP contribution >= 0.6 is 0 Å². The van der Waals surface area contributed by atoms with Gasteiger partial charge in [-0.2, -0.15) is 0 Å². The van der Waals surface area contributed by atoms with Gasteiger partial charge in [-0.1, -0.05) is 29.8 Å². The number of imide groups is 1. The van der Waals surface area contributed by atoms with E-state index in [2.05, 4.69) is 21.7 Å². The SMILES string of the molecule is Cc1ccc(C2=C(N(C)C3CCN(C)CC3)C(=O)N(CCCN3CCOCC3)C2=O)cc1. The van der Waals surface area contributed by atoms with E-state index in [4.69, 9.17) is 4.74 Å². The third-order valence-electron chi connectivity index (χ3n) is 7.03. The topological polar surface area (TPSA) is 56.3 Å². The number of hydrogen-bond acceptors (Lipinski definition) is 6. The van der Waals surface area contributed by atoms with E-state index in [-0.39, 0.29) is 17.9 Å². The van der Waals surface area contributed by atoms with Crippen molar-refractivity contribution in [2.75, 3.05) is 66.6 Å². The van der Waals surface area contributed by atoms with Gasteiger partial charge in [0.1, 0.15) is 5.70 Å². The molecule has 0 saturated carbocycles. The van der Waals surface area contributed by atoms with Gasteiger partial charge in [0, 0.05) is 39.3 Å². The van der Waals surface area contributed by atoms with Gasteiger partial charge >= 0.3 is 0 Å². The molecule has 32 heavy (non-hydrogen) atoms. The van der Waals surface area contributed by atoms with Crippen LogP contribution in [0.25, 0.3) is 5.57 Å². The normalized spacial score (nSPS) is 21.7. The number of likely N-dealkylation sites (tertiary alicyclic amines) is 1. The van der Waals surface area contributed by atoms with Crippen LogP contribution in [0, 0.1) is 6.92 Å². The quantitative estimate of drug-likeness (QED) is 0.603. The average Bonchev–Trinajstić information content (AvgIpc) is 3.05. The Kier molecular flexibility index (Phi) is 7.28. The van der Waals surface area contributed by atoms with Crippen molar-refractivity contribution >= 4 is 17.4 Å². The first-order valence-corrected chi connectivity index (χ1v) is 11.8. The van der Waals surface area contributed by atoms with Crippen molar-refractivity contribution in [1.29, 1.82) is 0 Å². The highest BCUT2D eigenvalue weighted by Crippen LogP contribution is 2.33. The van der Waals surface area contributed by atoms with Gasteiger partial charge in [-0.15, -0.1) is 0 Å². The van der Waals surface area contributed by atoms with Gasteiger partial charge in [0.2, 0.25) is 0 Å². The fraction of sp³-hybridized carbons (Fsp3) is 0.600. The molecule has 2 fully saturated rings. The molecule has 3 heterocycles. The predicted molar refractivity (Wildman–Crippen MR) is 125 cm³/mol. The minimum Gasteiger partial charge on any atom is -0.379 e. The highest BCUT2D eigenvalue weighted by Gasteiger charge is 2.42. The molecular weight excluding hydrogens is 404 g/mol. The van der Waals surface area contributed by atoms with Gasteiger partial charge in [-0.05, 0) is 51.9 Å². The van der Waals surface area contributed by atoms with Crippen molar-refractivity contribution in [2.24, 2.45) is 0 Å². The number of morpholine rings is 1. The number of amides is 2. The van der Waals surface area contributed by atoms with Gasteiger partial charge in [0.05, 0.1) is 18.8 Å². The molecule has 0 N–H and O–H groups in total. The van der Waals surface area contributed by atoms with Gasteiger partial charge in [0.15, 0.2) is 0 Å². The van der Waals surface area contributed by atoms with E-state index in [0.29, 0.717) is 17.8 Å². The number of carbonyl (C=O) groups is 2. The van der Waals surface area contributed by atoms with E-state index in [9.17, 15) is 9.59 Å². The van der Waals surface area contributed by atoms with E-state index >= 15 is 0 Å². The lowest BCUT2D eigenvalue weighted by atomic mass is 9.99. The molecule has 0 aromatic heterocycles. The second-order valence-corrected chi connectivity index (χ2v) is 9.30. The standard InChI is InChI=1S/C25H36N4O3/c1-19-5-7-20(8-6-19)22-23(27(3)21-9-13-26(2)14-10-21)25(31)29(24(22)30)12-4-11-28-15-17-32-18-16-28/h5-8,21H,4,9-18H2,1-3H3. The molecule has 3 aliphatic rings. The molecule has 2 amide bonds. The van der Waals surface area contributed by atoms with Gasteiger partial charge in [-0.25, -0.2) is 0 Å². The highest BCUT2D eigenvalue weighted by atomic mass is 16.5. The molecular formula is C25H36N4O3. The Bertz CT molecular complexity index is 852. The summed E-state index contributed by atoms with van der Waals surface area (Å²) in [5, 5.41) is 0. The summed E-state index contributed by atoms with van der Waals surface area (Å²) >= 11 is 0. The predicted octanol–water partition coefficient (Wildman–Crippen LogP) is 1.82. The summed E-state index contributed by atoms with van der Waals surface area (Å²) < 4.78 is 5.41. The average molecular weight is 441 g/mol. The number of piperidine rings is 1. The first-order chi connectivity index (χ1) is 15.5. The molecule has 0 unspecified atom stereocenters. The van der Waals surface area contributed by atoms with Crippen LogP contribution in [0.3, 0.4) is 0 Å². The first-order valence-electron chi connectivity index (χ1n) is 11.8. The summed E-state index contributed by atoms with van der Waals surface area (Å²) in [6.45, 7) is 8.72. The van der Waals surface area contributed by atoms with Crippen LogP contribution in [-0.2, 0) is 14.3 Å². The number of rotatable bonds is 7. The van der Waals surface area contributed by atoms with Crippen molar-refractivity contribution in [2.45, 2.75) is 32.2 Å². The maximum Gasteiger partial charge on any atom is 0.277 e. The Labute approximate surface area is 191 Å². The van der Waals surface area contributed by atoms with Crippen LogP contribution in [0.4, 0.5) is 0 Å². The van der Waals surface area contributed by atoms with Crippen LogP contribution in [0.2, 0.25) is 0 Å². The molecule has 2 saturated heterocycles. The Morgan fingerprint density at radius 3 is 2.28 bits per heavy atom. The molecule has 174 valence electrons. The molecule has 7 nitrogen and oxygen atoms in total. The number of aryl methyl sites for hydroxylation is 1. The van der Waals surface area contributed by atoms with Crippen LogP contribution in [0.1, 0.15) is 30.4 Å². The third-order valence-corrected chi connectivity index (χ3v) is 7.03. The second kappa shape index (κ2) is 10.1. The Morgan fingerprint density at radius 1 is 0.969 bits per heavy atom. The molecule has 7 heteroatoms. The monoisotopic (exact) mass is 440 g/mol. The number of carbonyl (C=O) groups excluding carboxylic acids is 2. The zero-order chi connectivity index (χ0) is 22.7. The molecule has 0 aliphatic carbocycles. The molecule has 0 spiro atoms.